The lowest BCUT2D eigenvalue weighted by atomic mass is 10.1. The number of thioether (sulfide) groups is 1. The minimum absolute atomic E-state index is 0.0173. The van der Waals surface area contributed by atoms with Gasteiger partial charge in [0.25, 0.3) is 5.91 Å². The van der Waals surface area contributed by atoms with Gasteiger partial charge in [0, 0.05) is 37.0 Å². The molecule has 1 aliphatic heterocycles. The van der Waals surface area contributed by atoms with Gasteiger partial charge in [0.2, 0.25) is 5.95 Å². The number of carbonyl (C=O) groups is 1. The van der Waals surface area contributed by atoms with Crippen molar-refractivity contribution in [1.82, 2.24) is 14.9 Å². The maximum absolute atomic E-state index is 15.1. The Labute approximate surface area is 253 Å². The largest absolute Gasteiger partial charge is 0.573 e. The Morgan fingerprint density at radius 3 is 2.43 bits per heavy atom. The highest BCUT2D eigenvalue weighted by Gasteiger charge is 2.31. The van der Waals surface area contributed by atoms with E-state index in [1.54, 1.807) is 18.4 Å². The van der Waals surface area contributed by atoms with Gasteiger partial charge in [-0.1, -0.05) is 6.07 Å². The fourth-order valence-electron chi connectivity index (χ4n) is 4.46. The number of nitrogens with one attached hydrogen (secondary N) is 2. The number of nitrogens with zero attached hydrogens (tertiary/aromatic N) is 3. The molecule has 0 radical (unpaired) electrons. The zero-order valence-electron chi connectivity index (χ0n) is 23.3. The third-order valence-corrected chi connectivity index (χ3v) is 7.34. The van der Waals surface area contributed by atoms with E-state index < -0.39 is 23.9 Å². The van der Waals surface area contributed by atoms with Crippen LogP contribution in [0.3, 0.4) is 0 Å². The van der Waals surface area contributed by atoms with E-state index in [1.165, 1.54) is 48.3 Å². The van der Waals surface area contributed by atoms with Crippen LogP contribution < -0.4 is 15.4 Å². The Kier molecular flexibility index (Phi) is 9.61. The first-order chi connectivity index (χ1) is 21.1. The minimum Gasteiger partial charge on any atom is -0.406 e. The molecular weight excluding hydrogens is 605 g/mol. The molecule has 0 unspecified atom stereocenters. The first-order valence-corrected chi connectivity index (χ1v) is 14.5. The van der Waals surface area contributed by atoms with Crippen LogP contribution in [0.2, 0.25) is 0 Å². The van der Waals surface area contributed by atoms with Crippen LogP contribution in [0, 0.1) is 11.6 Å². The van der Waals surface area contributed by atoms with Crippen LogP contribution >= 0.6 is 11.8 Å². The third kappa shape index (κ3) is 8.01. The van der Waals surface area contributed by atoms with E-state index in [9.17, 15) is 22.4 Å². The van der Waals surface area contributed by atoms with Crippen molar-refractivity contribution in [1.29, 1.82) is 0 Å². The SMILES string of the molecule is CSc1cnc(Nc2ccc(C(=O)Nc3cc(CN4CCOCC4)ccc3F)cc2F)nc1-c1ccc(OC(F)(F)F)cc1. The summed E-state index contributed by atoms with van der Waals surface area (Å²) in [5.74, 6) is -2.46. The Bertz CT molecular complexity index is 1630. The molecule has 14 heteroatoms. The summed E-state index contributed by atoms with van der Waals surface area (Å²) < 4.78 is 76.4. The normalized spacial score (nSPS) is 13.9. The minimum atomic E-state index is -4.82. The van der Waals surface area contributed by atoms with E-state index in [0.29, 0.717) is 35.9 Å². The molecule has 1 aromatic heterocycles. The summed E-state index contributed by atoms with van der Waals surface area (Å²) in [5.41, 5.74) is 1.62. The molecule has 0 saturated carbocycles. The number of halogens is 5. The van der Waals surface area contributed by atoms with Crippen molar-refractivity contribution in [2.24, 2.45) is 0 Å². The lowest BCUT2D eigenvalue weighted by Gasteiger charge is -2.26. The number of rotatable bonds is 9. The third-order valence-electron chi connectivity index (χ3n) is 6.60. The maximum atomic E-state index is 15.1. The number of hydrogen-bond donors (Lipinski definition) is 2. The van der Waals surface area contributed by atoms with E-state index in [2.05, 4.69) is 30.2 Å². The van der Waals surface area contributed by atoms with Gasteiger partial charge in [-0.25, -0.2) is 18.7 Å². The standard InChI is InChI=1S/C30H26F5N5O3S/c1-44-26-16-36-29(39-27(26)19-3-6-21(7-4-19)43-30(33,34)35)38-24-9-5-20(15-23(24)32)28(41)37-25-14-18(2-8-22(25)31)17-40-10-12-42-13-11-40/h2-9,14-16H,10-13,17H2,1H3,(H,37,41)(H,36,38,39). The highest BCUT2D eigenvalue weighted by Crippen LogP contribution is 2.32. The number of ether oxygens (including phenoxy) is 2. The Morgan fingerprint density at radius 1 is 1.00 bits per heavy atom. The van der Waals surface area contributed by atoms with E-state index in [0.717, 1.165) is 36.9 Å². The zero-order valence-corrected chi connectivity index (χ0v) is 24.1. The maximum Gasteiger partial charge on any atom is 0.573 e. The molecule has 8 nitrogen and oxygen atoms in total. The highest BCUT2D eigenvalue weighted by molar-refractivity contribution is 7.98. The number of amides is 1. The number of alkyl halides is 3. The summed E-state index contributed by atoms with van der Waals surface area (Å²) in [7, 11) is 0. The lowest BCUT2D eigenvalue weighted by Crippen LogP contribution is -2.35. The summed E-state index contributed by atoms with van der Waals surface area (Å²) in [5, 5.41) is 5.27. The summed E-state index contributed by atoms with van der Waals surface area (Å²) >= 11 is 1.32. The average molecular weight is 632 g/mol. The van der Waals surface area contributed by atoms with Gasteiger partial charge in [-0.15, -0.1) is 24.9 Å². The summed E-state index contributed by atoms with van der Waals surface area (Å²) in [4.78, 5) is 24.3. The van der Waals surface area contributed by atoms with Crippen molar-refractivity contribution < 1.29 is 36.2 Å². The second kappa shape index (κ2) is 13.6. The van der Waals surface area contributed by atoms with Crippen LogP contribution in [0.5, 0.6) is 5.75 Å². The van der Waals surface area contributed by atoms with E-state index in [1.807, 2.05) is 0 Å². The Hall–Kier alpha value is -4.27. The van der Waals surface area contributed by atoms with Crippen molar-refractivity contribution >= 4 is 35.0 Å². The first kappa shape index (κ1) is 31.2. The van der Waals surface area contributed by atoms with Crippen LogP contribution in [0.15, 0.2) is 71.8 Å². The molecule has 5 rings (SSSR count). The number of hydrogen-bond acceptors (Lipinski definition) is 8. The number of benzene rings is 3. The van der Waals surface area contributed by atoms with Crippen LogP contribution in [-0.2, 0) is 11.3 Å². The molecule has 1 aliphatic rings. The molecule has 1 saturated heterocycles. The number of carbonyl (C=O) groups excluding carboxylic acids is 1. The van der Waals surface area contributed by atoms with Crippen molar-refractivity contribution in [3.63, 3.8) is 0 Å². The molecule has 44 heavy (non-hydrogen) atoms. The molecule has 4 aromatic rings. The zero-order chi connectivity index (χ0) is 31.3. The molecule has 3 aromatic carbocycles. The van der Waals surface area contributed by atoms with Crippen LogP contribution in [-0.4, -0.2) is 59.7 Å². The fourth-order valence-corrected chi connectivity index (χ4v) is 4.97. The van der Waals surface area contributed by atoms with Crippen LogP contribution in [0.25, 0.3) is 11.3 Å². The van der Waals surface area contributed by atoms with Crippen LogP contribution in [0.1, 0.15) is 15.9 Å². The van der Waals surface area contributed by atoms with Crippen LogP contribution in [0.4, 0.5) is 39.3 Å². The number of aromatic nitrogens is 2. The average Bonchev–Trinajstić information content (AvgIpc) is 3.00. The molecule has 1 amide bonds. The van der Waals surface area contributed by atoms with Crippen molar-refractivity contribution in [3.05, 3.63) is 89.6 Å². The molecule has 0 spiro atoms. The molecule has 0 aliphatic carbocycles. The second-order valence-electron chi connectivity index (χ2n) is 9.66. The van der Waals surface area contributed by atoms with Gasteiger partial charge in [0.05, 0.1) is 35.2 Å². The van der Waals surface area contributed by atoms with Gasteiger partial charge in [-0.05, 0) is 66.4 Å². The quantitative estimate of drug-likeness (QED) is 0.153. The van der Waals surface area contributed by atoms with Gasteiger partial charge in [-0.2, -0.15) is 0 Å². The summed E-state index contributed by atoms with van der Waals surface area (Å²) in [6.45, 7) is 3.31. The number of anilines is 3. The predicted molar refractivity (Wildman–Crippen MR) is 156 cm³/mol. The van der Waals surface area contributed by atoms with Gasteiger partial charge >= 0.3 is 6.36 Å². The van der Waals surface area contributed by atoms with Crippen molar-refractivity contribution in [2.75, 3.05) is 43.2 Å². The molecule has 230 valence electrons. The lowest BCUT2D eigenvalue weighted by molar-refractivity contribution is -0.274. The van der Waals surface area contributed by atoms with Gasteiger partial charge in [-0.3, -0.25) is 9.69 Å². The highest BCUT2D eigenvalue weighted by atomic mass is 32.2. The van der Waals surface area contributed by atoms with Gasteiger partial charge in [0.15, 0.2) is 0 Å². The number of morpholine rings is 1. The van der Waals surface area contributed by atoms with E-state index in [4.69, 9.17) is 4.74 Å². The van der Waals surface area contributed by atoms with E-state index in [-0.39, 0.29) is 28.6 Å². The van der Waals surface area contributed by atoms with Gasteiger partial charge in [0.1, 0.15) is 17.4 Å². The van der Waals surface area contributed by atoms with Crippen molar-refractivity contribution in [2.45, 2.75) is 17.8 Å². The monoisotopic (exact) mass is 631 g/mol. The summed E-state index contributed by atoms with van der Waals surface area (Å²) in [6, 6.07) is 13.3. The Morgan fingerprint density at radius 2 is 1.75 bits per heavy atom. The second-order valence-corrected chi connectivity index (χ2v) is 10.5. The molecule has 2 N–H and O–H groups in total. The van der Waals surface area contributed by atoms with E-state index >= 15 is 4.39 Å². The first-order valence-electron chi connectivity index (χ1n) is 13.3. The molecular formula is C30H26F5N5O3S. The molecule has 2 heterocycles. The molecule has 0 bridgehead atoms. The molecule has 0 atom stereocenters. The summed E-state index contributed by atoms with van der Waals surface area (Å²) in [6.07, 6.45) is -1.54. The fraction of sp³-hybridized carbons (Fsp3) is 0.233. The topological polar surface area (TPSA) is 88.6 Å². The van der Waals surface area contributed by atoms with Gasteiger partial charge < -0.3 is 20.1 Å². The predicted octanol–water partition coefficient (Wildman–Crippen LogP) is 6.87. The smallest absolute Gasteiger partial charge is 0.406 e. The molecule has 1 fully saturated rings. The van der Waals surface area contributed by atoms with Crippen molar-refractivity contribution in [3.8, 4) is 17.0 Å². The Balaban J connectivity index is 1.29.